The number of aliphatic hydroxyl groups excluding tert-OH is 1. The maximum atomic E-state index is 9.38. The Balaban J connectivity index is 1.54. The topological polar surface area (TPSA) is 74.2 Å². The van der Waals surface area contributed by atoms with E-state index in [1.54, 1.807) is 17.7 Å². The van der Waals surface area contributed by atoms with Crippen molar-refractivity contribution in [3.63, 3.8) is 0 Å². The molecule has 1 saturated heterocycles. The summed E-state index contributed by atoms with van der Waals surface area (Å²) in [5.41, 5.74) is 0. The van der Waals surface area contributed by atoms with E-state index in [9.17, 15) is 5.11 Å². The highest BCUT2D eigenvalue weighted by Gasteiger charge is 2.20. The summed E-state index contributed by atoms with van der Waals surface area (Å²) in [6.45, 7) is 5.07. The summed E-state index contributed by atoms with van der Waals surface area (Å²) in [5.74, 6) is 2.13. The molecule has 0 saturated carbocycles. The summed E-state index contributed by atoms with van der Waals surface area (Å²) in [7, 11) is 0. The van der Waals surface area contributed by atoms with Crippen LogP contribution < -0.4 is 10.2 Å². The third-order valence-corrected chi connectivity index (χ3v) is 5.55. The largest absolute Gasteiger partial charge is 0.396 e. The molecule has 0 radical (unpaired) electrons. The highest BCUT2D eigenvalue weighted by molar-refractivity contribution is 7.11. The first-order valence-corrected chi connectivity index (χ1v) is 9.45. The van der Waals surface area contributed by atoms with Crippen LogP contribution in [0.1, 0.15) is 29.7 Å². The number of thiazole rings is 1. The molecule has 2 N–H and O–H groups in total. The van der Waals surface area contributed by atoms with E-state index < -0.39 is 0 Å². The summed E-state index contributed by atoms with van der Waals surface area (Å²) >= 11 is 1.78. The average Bonchev–Trinajstić information content (AvgIpc) is 3.10. The zero-order chi connectivity index (χ0) is 16.8. The van der Waals surface area contributed by atoms with Gasteiger partial charge in [-0.25, -0.2) is 15.0 Å². The summed E-state index contributed by atoms with van der Waals surface area (Å²) < 4.78 is 0. The standard InChI is InChI=1S/C17H25N5OS/c1-2-14-9-19-17(24-14)5-6-18-15-8-16(21-12-20-15)22-7-3-4-13(10-22)11-23/h8-9,12-13,23H,2-7,10-11H2,1H3,(H,18,20,21). The van der Waals surface area contributed by atoms with E-state index in [4.69, 9.17) is 0 Å². The third kappa shape index (κ3) is 4.42. The zero-order valence-electron chi connectivity index (χ0n) is 14.1. The number of anilines is 2. The number of nitrogens with one attached hydrogen (secondary N) is 1. The molecular formula is C17H25N5OS. The average molecular weight is 347 g/mol. The van der Waals surface area contributed by atoms with Crippen LogP contribution in [0.2, 0.25) is 0 Å². The van der Waals surface area contributed by atoms with E-state index in [0.717, 1.165) is 62.0 Å². The fourth-order valence-corrected chi connectivity index (χ4v) is 3.83. The number of hydrogen-bond donors (Lipinski definition) is 2. The number of aryl methyl sites for hydroxylation is 1. The van der Waals surface area contributed by atoms with Gasteiger partial charge in [-0.1, -0.05) is 6.92 Å². The molecule has 2 aromatic rings. The Labute approximate surface area is 147 Å². The second-order valence-electron chi connectivity index (χ2n) is 6.15. The molecule has 1 atom stereocenters. The van der Waals surface area contributed by atoms with Crippen molar-refractivity contribution in [3.05, 3.63) is 28.5 Å². The van der Waals surface area contributed by atoms with Crippen LogP contribution in [0.3, 0.4) is 0 Å². The van der Waals surface area contributed by atoms with Gasteiger partial charge in [0, 0.05) is 49.8 Å². The normalized spacial score (nSPS) is 17.9. The summed E-state index contributed by atoms with van der Waals surface area (Å²) in [4.78, 5) is 16.7. The lowest BCUT2D eigenvalue weighted by molar-refractivity contribution is 0.208. The number of hydrogen-bond acceptors (Lipinski definition) is 7. The molecule has 7 heteroatoms. The van der Waals surface area contributed by atoms with Crippen LogP contribution >= 0.6 is 11.3 Å². The Morgan fingerprint density at radius 3 is 3.08 bits per heavy atom. The molecular weight excluding hydrogens is 322 g/mol. The minimum atomic E-state index is 0.250. The predicted molar refractivity (Wildman–Crippen MR) is 97.7 cm³/mol. The Morgan fingerprint density at radius 2 is 2.29 bits per heavy atom. The van der Waals surface area contributed by atoms with E-state index in [1.807, 2.05) is 12.3 Å². The molecule has 130 valence electrons. The van der Waals surface area contributed by atoms with Crippen LogP contribution in [0.5, 0.6) is 0 Å². The summed E-state index contributed by atoms with van der Waals surface area (Å²) in [5, 5.41) is 13.9. The van der Waals surface area contributed by atoms with Crippen LogP contribution in [-0.2, 0) is 12.8 Å². The van der Waals surface area contributed by atoms with Crippen molar-refractivity contribution < 1.29 is 5.11 Å². The Bertz CT molecular complexity index is 647. The summed E-state index contributed by atoms with van der Waals surface area (Å²) in [6, 6.07) is 2.00. The number of piperidine rings is 1. The van der Waals surface area contributed by atoms with Crippen molar-refractivity contribution in [2.45, 2.75) is 32.6 Å². The molecule has 0 bridgehead atoms. The minimum Gasteiger partial charge on any atom is -0.396 e. The Morgan fingerprint density at radius 1 is 1.38 bits per heavy atom. The van der Waals surface area contributed by atoms with Crippen molar-refractivity contribution >= 4 is 23.0 Å². The number of aliphatic hydroxyl groups is 1. The molecule has 6 nitrogen and oxygen atoms in total. The van der Waals surface area contributed by atoms with Gasteiger partial charge in [0.25, 0.3) is 0 Å². The van der Waals surface area contributed by atoms with Crippen molar-refractivity contribution in [2.75, 3.05) is 36.5 Å². The highest BCUT2D eigenvalue weighted by atomic mass is 32.1. The van der Waals surface area contributed by atoms with Crippen LogP contribution in [0.25, 0.3) is 0 Å². The van der Waals surface area contributed by atoms with Gasteiger partial charge in [0.2, 0.25) is 0 Å². The first-order valence-electron chi connectivity index (χ1n) is 8.63. The molecule has 0 aliphatic carbocycles. The number of rotatable bonds is 7. The molecule has 1 aliphatic rings. The molecule has 1 unspecified atom stereocenters. The van der Waals surface area contributed by atoms with Gasteiger partial charge in [-0.3, -0.25) is 0 Å². The monoisotopic (exact) mass is 347 g/mol. The Hall–Kier alpha value is -1.73. The van der Waals surface area contributed by atoms with E-state index in [-0.39, 0.29) is 6.61 Å². The predicted octanol–water partition coefficient (Wildman–Crippen LogP) is 2.36. The maximum Gasteiger partial charge on any atom is 0.134 e. The summed E-state index contributed by atoms with van der Waals surface area (Å²) in [6.07, 6.45) is 7.72. The molecule has 1 fully saturated rings. The van der Waals surface area contributed by atoms with Crippen molar-refractivity contribution in [1.82, 2.24) is 15.0 Å². The quantitative estimate of drug-likeness (QED) is 0.801. The first kappa shape index (κ1) is 17.1. The van der Waals surface area contributed by atoms with Gasteiger partial charge in [0.15, 0.2) is 0 Å². The molecule has 24 heavy (non-hydrogen) atoms. The molecule has 3 heterocycles. The van der Waals surface area contributed by atoms with Gasteiger partial charge in [0.1, 0.15) is 18.0 Å². The van der Waals surface area contributed by atoms with Gasteiger partial charge in [-0.15, -0.1) is 11.3 Å². The molecule has 0 aromatic carbocycles. The van der Waals surface area contributed by atoms with E-state index in [0.29, 0.717) is 5.92 Å². The van der Waals surface area contributed by atoms with E-state index in [2.05, 4.69) is 32.1 Å². The maximum absolute atomic E-state index is 9.38. The fraction of sp³-hybridized carbons (Fsp3) is 0.588. The van der Waals surface area contributed by atoms with Crippen LogP contribution in [0, 0.1) is 5.92 Å². The van der Waals surface area contributed by atoms with Gasteiger partial charge < -0.3 is 15.3 Å². The molecule has 0 spiro atoms. The fourth-order valence-electron chi connectivity index (χ4n) is 2.96. The second-order valence-corrected chi connectivity index (χ2v) is 7.35. The van der Waals surface area contributed by atoms with Crippen molar-refractivity contribution in [3.8, 4) is 0 Å². The van der Waals surface area contributed by atoms with Crippen LogP contribution in [-0.4, -0.2) is 46.3 Å². The van der Waals surface area contributed by atoms with E-state index in [1.165, 1.54) is 4.88 Å². The number of nitrogens with zero attached hydrogens (tertiary/aromatic N) is 4. The lowest BCUT2D eigenvalue weighted by Gasteiger charge is -2.32. The molecule has 2 aromatic heterocycles. The van der Waals surface area contributed by atoms with Gasteiger partial charge in [-0.05, 0) is 25.2 Å². The van der Waals surface area contributed by atoms with Crippen LogP contribution in [0.4, 0.5) is 11.6 Å². The Kier molecular flexibility index (Phi) is 5.98. The number of aromatic nitrogens is 3. The second kappa shape index (κ2) is 8.39. The molecule has 0 amide bonds. The smallest absolute Gasteiger partial charge is 0.134 e. The third-order valence-electron chi connectivity index (χ3n) is 4.35. The zero-order valence-corrected chi connectivity index (χ0v) is 14.9. The molecule has 3 rings (SSSR count). The first-order chi connectivity index (χ1) is 11.8. The lowest BCUT2D eigenvalue weighted by atomic mass is 9.99. The van der Waals surface area contributed by atoms with Crippen molar-refractivity contribution in [2.24, 2.45) is 5.92 Å². The lowest BCUT2D eigenvalue weighted by Crippen LogP contribution is -2.37. The van der Waals surface area contributed by atoms with Crippen molar-refractivity contribution in [1.29, 1.82) is 0 Å². The van der Waals surface area contributed by atoms with Gasteiger partial charge >= 0.3 is 0 Å². The van der Waals surface area contributed by atoms with Gasteiger partial charge in [0.05, 0.1) is 5.01 Å². The van der Waals surface area contributed by atoms with E-state index >= 15 is 0 Å². The minimum absolute atomic E-state index is 0.250. The highest BCUT2D eigenvalue weighted by Crippen LogP contribution is 2.22. The molecule has 1 aliphatic heterocycles. The van der Waals surface area contributed by atoms with Gasteiger partial charge in [-0.2, -0.15) is 0 Å². The van der Waals surface area contributed by atoms with Crippen LogP contribution in [0.15, 0.2) is 18.6 Å². The SMILES string of the molecule is CCc1cnc(CCNc2cc(N3CCCC(CO)C3)ncn2)s1.